The minimum absolute atomic E-state index is 0.106. The lowest BCUT2D eigenvalue weighted by molar-refractivity contribution is -0.216. The summed E-state index contributed by atoms with van der Waals surface area (Å²) in [5.74, 6) is -0.617. The Morgan fingerprint density at radius 3 is 1.92 bits per heavy atom. The summed E-state index contributed by atoms with van der Waals surface area (Å²) in [6.45, 7) is 3.72. The van der Waals surface area contributed by atoms with Gasteiger partial charge in [0.05, 0.1) is 11.2 Å². The molecule has 3 rings (SSSR count). The first-order chi connectivity index (χ1) is 11.8. The summed E-state index contributed by atoms with van der Waals surface area (Å²) in [4.78, 5) is 12.5. The maximum Gasteiger partial charge on any atom is 0.268 e. The first kappa shape index (κ1) is 20.1. The second-order valence-corrected chi connectivity index (χ2v) is 9.98. The first-order valence-electron chi connectivity index (χ1n) is 8.69. The zero-order valence-electron chi connectivity index (χ0n) is 14.6. The van der Waals surface area contributed by atoms with Crippen molar-refractivity contribution in [2.45, 2.75) is 69.7 Å². The molecular formula is C16H26O9S. The van der Waals surface area contributed by atoms with Gasteiger partial charge in [-0.1, -0.05) is 13.8 Å². The molecule has 0 aromatic rings. The monoisotopic (exact) mass is 394 g/mol. The van der Waals surface area contributed by atoms with Gasteiger partial charge in [-0.2, -0.15) is 8.42 Å². The molecule has 2 unspecified atom stereocenters. The number of aliphatic hydroxyl groups excluding tert-OH is 5. The van der Waals surface area contributed by atoms with Crippen LogP contribution in [0.3, 0.4) is 0 Å². The number of carbonyl (C=O) groups excluding carboxylic acids is 1. The predicted octanol–water partition coefficient (Wildman–Crippen LogP) is -2.09. The average molecular weight is 394 g/mol. The fraction of sp³-hybridized carbons (Fsp3) is 0.938. The molecule has 10 heteroatoms. The van der Waals surface area contributed by atoms with E-state index in [9.17, 15) is 38.7 Å². The van der Waals surface area contributed by atoms with Crippen LogP contribution in [0.2, 0.25) is 0 Å². The summed E-state index contributed by atoms with van der Waals surface area (Å²) in [6, 6.07) is 0. The molecule has 9 nitrogen and oxygen atoms in total. The van der Waals surface area contributed by atoms with Crippen LogP contribution in [0.4, 0.5) is 0 Å². The molecule has 3 saturated carbocycles. The van der Waals surface area contributed by atoms with Crippen LogP contribution in [-0.2, 0) is 19.1 Å². The molecule has 3 fully saturated rings. The molecule has 0 heterocycles. The van der Waals surface area contributed by atoms with Crippen molar-refractivity contribution in [1.82, 2.24) is 0 Å². The largest absolute Gasteiger partial charge is 0.387 e. The minimum Gasteiger partial charge on any atom is -0.387 e. The van der Waals surface area contributed by atoms with E-state index >= 15 is 0 Å². The molecule has 2 bridgehead atoms. The molecule has 0 radical (unpaired) electrons. The molecule has 3 aliphatic carbocycles. The number of carbonyl (C=O) groups is 1. The standard InChI is InChI=1S/C16H26O9S/c1-15(2)7-3-4-16(15,8(17)5-7)6-26(23,24)25-14-12(21)10(19)9(18)11(20)13(14)22/h7,9-14,18-22H,3-6H2,1-2H3/t7-,9?,10-,11-,12-,13+,14?,16-/m1/s1. The molecular weight excluding hydrogens is 368 g/mol. The van der Waals surface area contributed by atoms with Crippen LogP contribution in [0.5, 0.6) is 0 Å². The van der Waals surface area contributed by atoms with Gasteiger partial charge in [-0.05, 0) is 24.2 Å². The van der Waals surface area contributed by atoms with E-state index in [0.717, 1.165) is 6.42 Å². The fourth-order valence-electron chi connectivity index (χ4n) is 4.92. The summed E-state index contributed by atoms with van der Waals surface area (Å²) in [5.41, 5.74) is -1.60. The quantitative estimate of drug-likeness (QED) is 0.337. The van der Waals surface area contributed by atoms with Gasteiger partial charge in [-0.15, -0.1) is 0 Å². The number of Topliss-reactive ketones (excluding diaryl/α,β-unsaturated/α-hetero) is 1. The van der Waals surface area contributed by atoms with Crippen molar-refractivity contribution < 1.29 is 42.9 Å². The second-order valence-electron chi connectivity index (χ2n) is 8.38. The van der Waals surface area contributed by atoms with E-state index in [1.807, 2.05) is 13.8 Å². The van der Waals surface area contributed by atoms with Crippen LogP contribution in [-0.4, -0.2) is 82.1 Å². The third kappa shape index (κ3) is 2.74. The minimum atomic E-state index is -4.39. The molecule has 26 heavy (non-hydrogen) atoms. The van der Waals surface area contributed by atoms with Gasteiger partial charge in [-0.25, -0.2) is 0 Å². The first-order valence-corrected chi connectivity index (χ1v) is 10.3. The molecule has 0 spiro atoms. The van der Waals surface area contributed by atoms with Crippen molar-refractivity contribution in [1.29, 1.82) is 0 Å². The number of hydrogen-bond donors (Lipinski definition) is 5. The summed E-state index contributed by atoms with van der Waals surface area (Å²) in [5, 5.41) is 48.9. The van der Waals surface area contributed by atoms with E-state index in [1.165, 1.54) is 0 Å². The van der Waals surface area contributed by atoms with Crippen molar-refractivity contribution in [2.24, 2.45) is 16.7 Å². The third-order valence-electron chi connectivity index (χ3n) is 6.89. The molecule has 0 aromatic carbocycles. The van der Waals surface area contributed by atoms with Crippen molar-refractivity contribution in [3.8, 4) is 0 Å². The van der Waals surface area contributed by atoms with Crippen molar-refractivity contribution in [2.75, 3.05) is 5.75 Å². The maximum absolute atomic E-state index is 12.6. The summed E-state index contributed by atoms with van der Waals surface area (Å²) >= 11 is 0. The number of aliphatic hydroxyl groups is 5. The Morgan fingerprint density at radius 1 is 1.00 bits per heavy atom. The molecule has 0 saturated heterocycles. The van der Waals surface area contributed by atoms with E-state index in [4.69, 9.17) is 4.18 Å². The Kier molecular flexibility index (Phi) is 4.79. The Bertz CT molecular complexity index is 674. The Morgan fingerprint density at radius 2 is 1.50 bits per heavy atom. The molecule has 150 valence electrons. The second kappa shape index (κ2) is 6.20. The smallest absolute Gasteiger partial charge is 0.268 e. The molecule has 0 aromatic heterocycles. The lowest BCUT2D eigenvalue weighted by Gasteiger charge is -2.42. The van der Waals surface area contributed by atoms with Crippen molar-refractivity contribution in [3.05, 3.63) is 0 Å². The number of rotatable bonds is 4. The van der Waals surface area contributed by atoms with Gasteiger partial charge in [-0.3, -0.25) is 8.98 Å². The number of hydrogen-bond acceptors (Lipinski definition) is 9. The predicted molar refractivity (Wildman–Crippen MR) is 87.3 cm³/mol. The van der Waals surface area contributed by atoms with E-state index < -0.39 is 63.3 Å². The zero-order chi connectivity index (χ0) is 19.7. The zero-order valence-corrected chi connectivity index (χ0v) is 15.5. The van der Waals surface area contributed by atoms with Crippen LogP contribution in [0.15, 0.2) is 0 Å². The van der Waals surface area contributed by atoms with Gasteiger partial charge < -0.3 is 25.5 Å². The fourth-order valence-corrected chi connectivity index (χ4v) is 6.84. The highest BCUT2D eigenvalue weighted by Crippen LogP contribution is 2.64. The van der Waals surface area contributed by atoms with Crippen molar-refractivity contribution in [3.63, 3.8) is 0 Å². The van der Waals surface area contributed by atoms with Gasteiger partial charge in [0.1, 0.15) is 42.4 Å². The molecule has 0 aliphatic heterocycles. The van der Waals surface area contributed by atoms with Crippen LogP contribution >= 0.6 is 0 Å². The van der Waals surface area contributed by atoms with E-state index in [2.05, 4.69) is 0 Å². The van der Waals surface area contributed by atoms with Crippen LogP contribution < -0.4 is 0 Å². The highest BCUT2D eigenvalue weighted by atomic mass is 32.2. The Labute approximate surface area is 151 Å². The average Bonchev–Trinajstić information content (AvgIpc) is 2.89. The molecule has 5 N–H and O–H groups in total. The normalized spacial score (nSPS) is 48.1. The maximum atomic E-state index is 12.6. The van der Waals surface area contributed by atoms with Crippen LogP contribution in [0, 0.1) is 16.7 Å². The lowest BCUT2D eigenvalue weighted by Crippen LogP contribution is -2.64. The Balaban J connectivity index is 1.82. The lowest BCUT2D eigenvalue weighted by atomic mass is 9.70. The van der Waals surface area contributed by atoms with Gasteiger partial charge in [0.2, 0.25) is 0 Å². The number of fused-ring (bicyclic) bond motifs is 2. The van der Waals surface area contributed by atoms with Crippen LogP contribution in [0.25, 0.3) is 0 Å². The summed E-state index contributed by atoms with van der Waals surface area (Å²) < 4.78 is 30.2. The summed E-state index contributed by atoms with van der Waals surface area (Å²) in [6.07, 6.45) is -9.80. The molecule has 0 amide bonds. The van der Waals surface area contributed by atoms with Gasteiger partial charge in [0, 0.05) is 6.42 Å². The van der Waals surface area contributed by atoms with E-state index in [-0.39, 0.29) is 11.7 Å². The highest BCUT2D eigenvalue weighted by Gasteiger charge is 2.65. The van der Waals surface area contributed by atoms with E-state index in [0.29, 0.717) is 12.8 Å². The van der Waals surface area contributed by atoms with E-state index in [1.54, 1.807) is 0 Å². The highest BCUT2D eigenvalue weighted by molar-refractivity contribution is 7.86. The van der Waals surface area contributed by atoms with Crippen molar-refractivity contribution >= 4 is 15.9 Å². The third-order valence-corrected chi connectivity index (χ3v) is 8.25. The van der Waals surface area contributed by atoms with Gasteiger partial charge >= 0.3 is 0 Å². The van der Waals surface area contributed by atoms with Gasteiger partial charge in [0.15, 0.2) is 0 Å². The van der Waals surface area contributed by atoms with Crippen LogP contribution in [0.1, 0.15) is 33.1 Å². The molecule has 3 aliphatic rings. The topological polar surface area (TPSA) is 162 Å². The molecule has 8 atom stereocenters. The Hall–Kier alpha value is -0.620. The summed E-state index contributed by atoms with van der Waals surface area (Å²) in [7, 11) is -4.39. The van der Waals surface area contributed by atoms with Gasteiger partial charge in [0.25, 0.3) is 10.1 Å². The SMILES string of the molecule is CC1(C)[C@@H]2CC[C@@]1(CS(=O)(=O)OC1[C@@H](O)[C@H](O)C(O)[C@@H](O)[C@H]1O)C(=O)C2. The number of ketones is 1.